The largest absolute Gasteiger partial charge is 0.506 e. The summed E-state index contributed by atoms with van der Waals surface area (Å²) in [7, 11) is 0. The molecule has 0 atom stereocenters. The number of fused-ring (bicyclic) bond motifs is 4. The van der Waals surface area contributed by atoms with Crippen LogP contribution in [0, 0.1) is 20.8 Å². The molecule has 3 aromatic heterocycles. The molecule has 0 aliphatic rings. The highest BCUT2D eigenvalue weighted by Gasteiger charge is 2.25. The molecule has 3 aromatic carbocycles. The van der Waals surface area contributed by atoms with Crippen LogP contribution in [0.15, 0.2) is 66.9 Å². The summed E-state index contributed by atoms with van der Waals surface area (Å²) in [6.07, 6.45) is 1.91. The summed E-state index contributed by atoms with van der Waals surface area (Å²) in [4.78, 5) is 9.60. The number of nitrogens with zero attached hydrogens (tertiary/aromatic N) is 3. The maximum absolute atomic E-state index is 10.7. The topological polar surface area (TPSA) is 60.2 Å². The van der Waals surface area contributed by atoms with Crippen LogP contribution in [-0.4, -0.2) is 19.6 Å². The molecule has 5 heteroatoms. The molecule has 6 aromatic rings. The number of aromatic nitrogens is 3. The Balaban J connectivity index is 1.64. The van der Waals surface area contributed by atoms with Gasteiger partial charge in [-0.3, -0.25) is 4.57 Å². The second-order valence-electron chi connectivity index (χ2n) is 13.7. The lowest BCUT2D eigenvalue weighted by molar-refractivity contribution is 0.457. The molecule has 0 bridgehead atoms. The van der Waals surface area contributed by atoms with E-state index in [0.717, 1.165) is 33.4 Å². The summed E-state index contributed by atoms with van der Waals surface area (Å²) in [6, 6.07) is 20.9. The van der Waals surface area contributed by atoms with Gasteiger partial charge < -0.3 is 9.84 Å². The lowest BCUT2D eigenvalue weighted by Crippen LogP contribution is -2.13. The Labute approximate surface area is 247 Å². The molecule has 5 nitrogen and oxygen atoms in total. The van der Waals surface area contributed by atoms with Crippen molar-refractivity contribution in [3.63, 3.8) is 0 Å². The second kappa shape index (κ2) is 9.59. The number of aryl methyl sites for hydroxylation is 3. The standard InChI is InChI=1S/C37H39N3O2/c1-21-10-11-26-29(15-21)40(32-18-24(12-13-38-32)36(4,5)6)30-20-25(19-28(34(26)30)37(7,8)9)42-33-17-23(3)27-14-22(2)16-31(41)35(27)39-33/h10-20,41H,1-9H3. The number of benzene rings is 3. The molecule has 0 radical (unpaired) electrons. The van der Waals surface area contributed by atoms with Gasteiger partial charge >= 0.3 is 0 Å². The fraction of sp³-hybridized carbons (Fsp3) is 0.297. The molecule has 0 spiro atoms. The molecule has 0 fully saturated rings. The molecule has 6 rings (SSSR count). The van der Waals surface area contributed by atoms with Crippen molar-refractivity contribution in [2.24, 2.45) is 0 Å². The van der Waals surface area contributed by atoms with Gasteiger partial charge in [-0.2, -0.15) is 0 Å². The molecule has 0 aliphatic carbocycles. The van der Waals surface area contributed by atoms with Crippen LogP contribution in [-0.2, 0) is 10.8 Å². The van der Waals surface area contributed by atoms with E-state index in [1.807, 2.05) is 32.2 Å². The summed E-state index contributed by atoms with van der Waals surface area (Å²) in [5.41, 5.74) is 8.11. The van der Waals surface area contributed by atoms with Crippen molar-refractivity contribution in [3.8, 4) is 23.2 Å². The van der Waals surface area contributed by atoms with Crippen molar-refractivity contribution in [2.45, 2.75) is 73.1 Å². The van der Waals surface area contributed by atoms with Gasteiger partial charge in [-0.25, -0.2) is 9.97 Å². The number of hydrogen-bond acceptors (Lipinski definition) is 4. The maximum Gasteiger partial charge on any atom is 0.220 e. The minimum absolute atomic E-state index is 0.0130. The first-order valence-corrected chi connectivity index (χ1v) is 14.6. The monoisotopic (exact) mass is 557 g/mol. The Hall–Kier alpha value is -4.38. The summed E-state index contributed by atoms with van der Waals surface area (Å²) in [5.74, 6) is 2.18. The van der Waals surface area contributed by atoms with Crippen molar-refractivity contribution in [1.29, 1.82) is 0 Å². The highest BCUT2D eigenvalue weighted by atomic mass is 16.5. The number of rotatable bonds is 3. The van der Waals surface area contributed by atoms with Crippen molar-refractivity contribution in [1.82, 2.24) is 14.5 Å². The number of hydrogen-bond donors (Lipinski definition) is 1. The lowest BCUT2D eigenvalue weighted by Gasteiger charge is -2.22. The van der Waals surface area contributed by atoms with Gasteiger partial charge in [0.1, 0.15) is 22.8 Å². The van der Waals surface area contributed by atoms with Crippen LogP contribution in [0.5, 0.6) is 17.4 Å². The Morgan fingerprint density at radius 2 is 1.50 bits per heavy atom. The summed E-state index contributed by atoms with van der Waals surface area (Å²) < 4.78 is 8.80. The van der Waals surface area contributed by atoms with Gasteiger partial charge in [0.05, 0.1) is 11.0 Å². The van der Waals surface area contributed by atoms with E-state index >= 15 is 0 Å². The van der Waals surface area contributed by atoms with Crippen LogP contribution in [0.1, 0.15) is 69.4 Å². The van der Waals surface area contributed by atoms with Crippen LogP contribution in [0.25, 0.3) is 38.5 Å². The van der Waals surface area contributed by atoms with E-state index in [4.69, 9.17) is 14.7 Å². The number of phenolic OH excluding ortho intramolecular Hbond substituents is 1. The average Bonchev–Trinajstić information content (AvgIpc) is 3.21. The van der Waals surface area contributed by atoms with E-state index in [1.165, 1.54) is 27.5 Å². The summed E-state index contributed by atoms with van der Waals surface area (Å²) >= 11 is 0. The van der Waals surface area contributed by atoms with E-state index in [9.17, 15) is 5.11 Å². The molecule has 214 valence electrons. The smallest absolute Gasteiger partial charge is 0.220 e. The van der Waals surface area contributed by atoms with E-state index in [1.54, 1.807) is 6.07 Å². The fourth-order valence-electron chi connectivity index (χ4n) is 5.89. The number of aromatic hydroxyl groups is 1. The highest BCUT2D eigenvalue weighted by Crippen LogP contribution is 2.42. The second-order valence-corrected chi connectivity index (χ2v) is 13.7. The minimum atomic E-state index is -0.162. The van der Waals surface area contributed by atoms with Gasteiger partial charge in [-0.1, -0.05) is 53.7 Å². The van der Waals surface area contributed by atoms with Crippen LogP contribution in [0.4, 0.5) is 0 Å². The van der Waals surface area contributed by atoms with Gasteiger partial charge in [0.2, 0.25) is 5.88 Å². The van der Waals surface area contributed by atoms with E-state index in [2.05, 4.69) is 95.5 Å². The average molecular weight is 558 g/mol. The Morgan fingerprint density at radius 3 is 2.21 bits per heavy atom. The predicted molar refractivity (Wildman–Crippen MR) is 174 cm³/mol. The summed E-state index contributed by atoms with van der Waals surface area (Å²) in [5, 5.41) is 14.0. The quantitative estimate of drug-likeness (QED) is 0.235. The molecule has 1 N–H and O–H groups in total. The molecule has 0 unspecified atom stereocenters. The minimum Gasteiger partial charge on any atom is -0.506 e. The first-order chi connectivity index (χ1) is 19.7. The van der Waals surface area contributed by atoms with E-state index < -0.39 is 0 Å². The SMILES string of the molecule is Cc1cc(O)c2nc(Oc3cc(C(C)(C)C)c4c5ccc(C)cc5n(-c5cc(C(C)(C)C)ccn5)c4c3)cc(C)c2c1. The predicted octanol–water partition coefficient (Wildman–Crippen LogP) is 9.75. The molecule has 3 heterocycles. The van der Waals surface area contributed by atoms with Crippen molar-refractivity contribution in [3.05, 3.63) is 94.7 Å². The van der Waals surface area contributed by atoms with Crippen LogP contribution >= 0.6 is 0 Å². The third-order valence-corrected chi connectivity index (χ3v) is 8.09. The first kappa shape index (κ1) is 27.8. The van der Waals surface area contributed by atoms with E-state index in [-0.39, 0.29) is 16.6 Å². The number of ether oxygens (including phenoxy) is 1. The van der Waals surface area contributed by atoms with E-state index in [0.29, 0.717) is 17.1 Å². The Bertz CT molecular complexity index is 2020. The third-order valence-electron chi connectivity index (χ3n) is 8.09. The van der Waals surface area contributed by atoms with Crippen molar-refractivity contribution < 1.29 is 9.84 Å². The fourth-order valence-corrected chi connectivity index (χ4v) is 5.89. The van der Waals surface area contributed by atoms with Gasteiger partial charge in [0, 0.05) is 34.5 Å². The zero-order valence-corrected chi connectivity index (χ0v) is 26.0. The molecule has 0 saturated carbocycles. The third kappa shape index (κ3) is 4.77. The van der Waals surface area contributed by atoms with Gasteiger partial charge in [-0.05, 0) is 95.8 Å². The molecule has 0 aliphatic heterocycles. The summed E-state index contributed by atoms with van der Waals surface area (Å²) in [6.45, 7) is 19.5. The highest BCUT2D eigenvalue weighted by molar-refractivity contribution is 6.11. The molecule has 0 saturated heterocycles. The number of pyridine rings is 2. The normalized spacial score (nSPS) is 12.5. The number of phenols is 1. The zero-order chi connectivity index (χ0) is 30.1. The Kier molecular flexibility index (Phi) is 6.34. The molecular formula is C37H39N3O2. The Morgan fingerprint density at radius 1 is 0.738 bits per heavy atom. The van der Waals surface area contributed by atoms with Crippen LogP contribution < -0.4 is 4.74 Å². The van der Waals surface area contributed by atoms with Gasteiger partial charge in [0.15, 0.2) is 0 Å². The van der Waals surface area contributed by atoms with Crippen molar-refractivity contribution in [2.75, 3.05) is 0 Å². The molecule has 0 amide bonds. The zero-order valence-electron chi connectivity index (χ0n) is 26.0. The van der Waals surface area contributed by atoms with Gasteiger partial charge in [-0.15, -0.1) is 0 Å². The van der Waals surface area contributed by atoms with Crippen LogP contribution in [0.2, 0.25) is 0 Å². The molecule has 42 heavy (non-hydrogen) atoms. The molecular weight excluding hydrogens is 518 g/mol. The van der Waals surface area contributed by atoms with Crippen molar-refractivity contribution >= 4 is 32.7 Å². The lowest BCUT2D eigenvalue weighted by atomic mass is 9.84. The van der Waals surface area contributed by atoms with Crippen LogP contribution in [0.3, 0.4) is 0 Å². The first-order valence-electron chi connectivity index (χ1n) is 14.6. The van der Waals surface area contributed by atoms with Gasteiger partial charge in [0.25, 0.3) is 0 Å². The maximum atomic E-state index is 10.7.